The molecule has 7 nitrogen and oxygen atoms in total. The van der Waals surface area contributed by atoms with Gasteiger partial charge in [-0.25, -0.2) is 4.79 Å². The third kappa shape index (κ3) is 6.78. The number of rotatable bonds is 9. The maximum absolute atomic E-state index is 12.2. The normalized spacial score (nSPS) is 11.7. The van der Waals surface area contributed by atoms with Gasteiger partial charge in [-0.2, -0.15) is 0 Å². The second-order valence-corrected chi connectivity index (χ2v) is 5.51. The Morgan fingerprint density at radius 3 is 2.38 bits per heavy atom. The molecule has 1 atom stereocenters. The molecule has 0 spiro atoms. The van der Waals surface area contributed by atoms with Crippen LogP contribution >= 0.6 is 0 Å². The van der Waals surface area contributed by atoms with Gasteiger partial charge >= 0.3 is 5.97 Å². The number of hydrogen-bond acceptors (Lipinski definition) is 5. The SMILES string of the molecule is COCCNC(=O)COC(=O)[C@H](NC(=O)c1ccccc1)C(C)C. The zero-order valence-electron chi connectivity index (χ0n) is 14.2. The monoisotopic (exact) mass is 336 g/mol. The van der Waals surface area contributed by atoms with E-state index in [-0.39, 0.29) is 11.8 Å². The van der Waals surface area contributed by atoms with E-state index >= 15 is 0 Å². The number of methoxy groups -OCH3 is 1. The molecule has 1 rings (SSSR count). The second-order valence-electron chi connectivity index (χ2n) is 5.51. The molecule has 1 aromatic carbocycles. The van der Waals surface area contributed by atoms with Gasteiger partial charge in [0.25, 0.3) is 11.8 Å². The lowest BCUT2D eigenvalue weighted by Crippen LogP contribution is -2.46. The van der Waals surface area contributed by atoms with Crippen molar-refractivity contribution < 1.29 is 23.9 Å². The van der Waals surface area contributed by atoms with Gasteiger partial charge in [0.15, 0.2) is 6.61 Å². The molecule has 0 saturated heterocycles. The highest BCUT2D eigenvalue weighted by Crippen LogP contribution is 2.07. The van der Waals surface area contributed by atoms with Gasteiger partial charge in [-0.05, 0) is 18.1 Å². The summed E-state index contributed by atoms with van der Waals surface area (Å²) < 4.78 is 9.79. The standard InChI is InChI=1S/C17H24N2O5/c1-12(2)15(19-16(21)13-7-5-4-6-8-13)17(22)24-11-14(20)18-9-10-23-3/h4-8,12,15H,9-11H2,1-3H3,(H,18,20)(H,19,21)/t15-/m1/s1. The first-order chi connectivity index (χ1) is 11.5. The van der Waals surface area contributed by atoms with Crippen LogP contribution < -0.4 is 10.6 Å². The summed E-state index contributed by atoms with van der Waals surface area (Å²) in [5.41, 5.74) is 0.452. The van der Waals surface area contributed by atoms with Crippen LogP contribution in [0.15, 0.2) is 30.3 Å². The van der Waals surface area contributed by atoms with E-state index in [1.807, 2.05) is 0 Å². The molecule has 2 N–H and O–H groups in total. The average molecular weight is 336 g/mol. The molecule has 0 aliphatic carbocycles. The van der Waals surface area contributed by atoms with E-state index in [0.29, 0.717) is 18.7 Å². The first kappa shape index (κ1) is 19.6. The molecule has 0 heterocycles. The predicted molar refractivity (Wildman–Crippen MR) is 88.4 cm³/mol. The summed E-state index contributed by atoms with van der Waals surface area (Å²) in [4.78, 5) is 35.8. The van der Waals surface area contributed by atoms with Crippen LogP contribution in [0.5, 0.6) is 0 Å². The Bertz CT molecular complexity index is 545. The van der Waals surface area contributed by atoms with Crippen LogP contribution in [0.1, 0.15) is 24.2 Å². The lowest BCUT2D eigenvalue weighted by Gasteiger charge is -2.20. The largest absolute Gasteiger partial charge is 0.454 e. The van der Waals surface area contributed by atoms with E-state index in [4.69, 9.17) is 9.47 Å². The molecule has 0 aliphatic heterocycles. The Morgan fingerprint density at radius 2 is 1.79 bits per heavy atom. The zero-order valence-corrected chi connectivity index (χ0v) is 14.2. The van der Waals surface area contributed by atoms with E-state index < -0.39 is 24.5 Å². The minimum atomic E-state index is -0.829. The minimum Gasteiger partial charge on any atom is -0.454 e. The van der Waals surface area contributed by atoms with Crippen LogP contribution in [-0.4, -0.2) is 50.7 Å². The molecule has 24 heavy (non-hydrogen) atoms. The number of esters is 1. The smallest absolute Gasteiger partial charge is 0.329 e. The third-order valence-corrected chi connectivity index (χ3v) is 3.22. The zero-order chi connectivity index (χ0) is 17.9. The lowest BCUT2D eigenvalue weighted by atomic mass is 10.0. The topological polar surface area (TPSA) is 93.7 Å². The van der Waals surface area contributed by atoms with Crippen molar-refractivity contribution in [2.24, 2.45) is 5.92 Å². The Morgan fingerprint density at radius 1 is 1.12 bits per heavy atom. The molecule has 0 bridgehead atoms. The Balaban J connectivity index is 2.53. The van der Waals surface area contributed by atoms with Gasteiger partial charge in [0.1, 0.15) is 6.04 Å². The van der Waals surface area contributed by atoms with Crippen LogP contribution in [0.3, 0.4) is 0 Å². The third-order valence-electron chi connectivity index (χ3n) is 3.22. The Kier molecular flexibility index (Phi) is 8.49. The summed E-state index contributed by atoms with van der Waals surface area (Å²) in [6.45, 7) is 3.89. The highest BCUT2D eigenvalue weighted by atomic mass is 16.5. The fourth-order valence-corrected chi connectivity index (χ4v) is 1.88. The molecule has 0 aliphatic rings. The minimum absolute atomic E-state index is 0.179. The summed E-state index contributed by atoms with van der Waals surface area (Å²) in [6, 6.07) is 7.75. The fraction of sp³-hybridized carbons (Fsp3) is 0.471. The van der Waals surface area contributed by atoms with Crippen molar-refractivity contribution in [2.75, 3.05) is 26.9 Å². The number of nitrogens with one attached hydrogen (secondary N) is 2. The van der Waals surface area contributed by atoms with Gasteiger partial charge in [0.05, 0.1) is 6.61 Å². The highest BCUT2D eigenvalue weighted by molar-refractivity contribution is 5.97. The molecule has 0 unspecified atom stereocenters. The molecule has 0 saturated carbocycles. The first-order valence-electron chi connectivity index (χ1n) is 7.74. The quantitative estimate of drug-likeness (QED) is 0.513. The number of carbonyl (C=O) groups is 3. The molecular formula is C17H24N2O5. The van der Waals surface area contributed by atoms with Crippen LogP contribution in [-0.2, 0) is 19.1 Å². The van der Waals surface area contributed by atoms with Crippen molar-refractivity contribution in [1.29, 1.82) is 0 Å². The van der Waals surface area contributed by atoms with Crippen molar-refractivity contribution >= 4 is 17.8 Å². The molecular weight excluding hydrogens is 312 g/mol. The number of amides is 2. The molecule has 1 aromatic rings. The van der Waals surface area contributed by atoms with Gasteiger partial charge < -0.3 is 20.1 Å². The van der Waals surface area contributed by atoms with Crippen LogP contribution in [0.25, 0.3) is 0 Å². The molecule has 0 fully saturated rings. The van der Waals surface area contributed by atoms with E-state index in [9.17, 15) is 14.4 Å². The van der Waals surface area contributed by atoms with Crippen molar-refractivity contribution in [3.05, 3.63) is 35.9 Å². The van der Waals surface area contributed by atoms with E-state index in [1.165, 1.54) is 7.11 Å². The first-order valence-corrected chi connectivity index (χ1v) is 7.74. The maximum Gasteiger partial charge on any atom is 0.329 e. The van der Waals surface area contributed by atoms with Gasteiger partial charge in [-0.3, -0.25) is 9.59 Å². The van der Waals surface area contributed by atoms with E-state index in [2.05, 4.69) is 10.6 Å². The van der Waals surface area contributed by atoms with Crippen LogP contribution in [0, 0.1) is 5.92 Å². The summed E-state index contributed by atoms with van der Waals surface area (Å²) in [7, 11) is 1.52. The lowest BCUT2D eigenvalue weighted by molar-refractivity contribution is -0.151. The van der Waals surface area contributed by atoms with E-state index in [1.54, 1.807) is 44.2 Å². The number of ether oxygens (including phenoxy) is 2. The number of hydrogen-bond donors (Lipinski definition) is 2. The summed E-state index contributed by atoms with van der Waals surface area (Å²) in [5.74, 6) is -1.61. The fourth-order valence-electron chi connectivity index (χ4n) is 1.88. The van der Waals surface area contributed by atoms with E-state index in [0.717, 1.165) is 0 Å². The predicted octanol–water partition coefficient (Wildman–Crippen LogP) is 0.747. The van der Waals surface area contributed by atoms with Crippen molar-refractivity contribution in [2.45, 2.75) is 19.9 Å². The molecule has 2 amide bonds. The summed E-state index contributed by atoms with van der Waals surface area (Å²) in [6.07, 6.45) is 0. The maximum atomic E-state index is 12.2. The molecule has 0 aromatic heterocycles. The van der Waals surface area contributed by atoms with Crippen molar-refractivity contribution in [3.8, 4) is 0 Å². The second kappa shape index (κ2) is 10.4. The van der Waals surface area contributed by atoms with Crippen molar-refractivity contribution in [1.82, 2.24) is 10.6 Å². The summed E-state index contributed by atoms with van der Waals surface area (Å²) in [5, 5.41) is 5.19. The Hall–Kier alpha value is -2.41. The van der Waals surface area contributed by atoms with Crippen LogP contribution in [0.2, 0.25) is 0 Å². The van der Waals surface area contributed by atoms with Crippen LogP contribution in [0.4, 0.5) is 0 Å². The number of benzene rings is 1. The number of carbonyl (C=O) groups excluding carboxylic acids is 3. The van der Waals surface area contributed by atoms with Gasteiger partial charge in [-0.15, -0.1) is 0 Å². The molecule has 7 heteroatoms. The van der Waals surface area contributed by atoms with Gasteiger partial charge in [0.2, 0.25) is 0 Å². The van der Waals surface area contributed by atoms with Gasteiger partial charge in [-0.1, -0.05) is 32.0 Å². The van der Waals surface area contributed by atoms with Crippen molar-refractivity contribution in [3.63, 3.8) is 0 Å². The summed E-state index contributed by atoms with van der Waals surface area (Å²) >= 11 is 0. The molecule has 132 valence electrons. The highest BCUT2D eigenvalue weighted by Gasteiger charge is 2.26. The average Bonchev–Trinajstić information content (AvgIpc) is 2.58. The van der Waals surface area contributed by atoms with Gasteiger partial charge in [0, 0.05) is 19.2 Å². The Labute approximate surface area is 141 Å². The molecule has 0 radical (unpaired) electrons.